The highest BCUT2D eigenvalue weighted by Gasteiger charge is 2.49. The number of aryl methyl sites for hydroxylation is 1. The molecule has 9 heteroatoms. The molecule has 0 bridgehead atoms. The highest BCUT2D eigenvalue weighted by molar-refractivity contribution is 7.88. The van der Waals surface area contributed by atoms with Crippen LogP contribution in [0.5, 0.6) is 5.75 Å². The number of nitrogens with one attached hydrogen (secondary N) is 1. The second kappa shape index (κ2) is 5.99. The summed E-state index contributed by atoms with van der Waals surface area (Å²) in [7, 11) is -3.29. The number of sulfonamides is 1. The number of carbonyl (C=O) groups excluding carboxylic acids is 2. The Balaban J connectivity index is 1.78. The van der Waals surface area contributed by atoms with Gasteiger partial charge in [-0.1, -0.05) is 6.07 Å². The van der Waals surface area contributed by atoms with Gasteiger partial charge in [0.15, 0.2) is 0 Å². The first-order valence-electron chi connectivity index (χ1n) is 7.97. The Morgan fingerprint density at radius 3 is 2.48 bits per heavy atom. The normalized spacial score (nSPS) is 24.3. The largest absolute Gasteiger partial charge is 0.466 e. The van der Waals surface area contributed by atoms with Crippen LogP contribution >= 0.6 is 0 Å². The van der Waals surface area contributed by atoms with E-state index in [1.807, 2.05) is 13.0 Å². The first-order chi connectivity index (χ1) is 11.6. The van der Waals surface area contributed by atoms with Crippen molar-refractivity contribution < 1.29 is 22.7 Å². The van der Waals surface area contributed by atoms with Gasteiger partial charge in [0.05, 0.1) is 11.9 Å². The first kappa shape index (κ1) is 17.7. The second-order valence-electron chi connectivity index (χ2n) is 6.54. The third-order valence-electron chi connectivity index (χ3n) is 4.53. The highest BCUT2D eigenvalue weighted by atomic mass is 32.2. The number of hydrogen-bond acceptors (Lipinski definition) is 5. The maximum absolute atomic E-state index is 12.9. The number of nitrogens with zero attached hydrogens (tertiary/aromatic N) is 2. The number of benzene rings is 1. The zero-order valence-electron chi connectivity index (χ0n) is 14.4. The van der Waals surface area contributed by atoms with Crippen molar-refractivity contribution in [2.24, 2.45) is 0 Å². The van der Waals surface area contributed by atoms with Crippen LogP contribution < -0.4 is 10.1 Å². The van der Waals surface area contributed by atoms with E-state index in [0.717, 1.165) is 11.8 Å². The summed E-state index contributed by atoms with van der Waals surface area (Å²) in [6.07, 6.45) is 1.14. The molecule has 3 rings (SSSR count). The Morgan fingerprint density at radius 1 is 1.24 bits per heavy atom. The Morgan fingerprint density at radius 2 is 1.88 bits per heavy atom. The molecule has 2 aliphatic rings. The molecule has 2 aliphatic heterocycles. The lowest BCUT2D eigenvalue weighted by atomic mass is 10.00. The molecule has 1 N–H and O–H groups in total. The molecule has 2 amide bonds. The summed E-state index contributed by atoms with van der Waals surface area (Å²) in [6, 6.07) is 5.34. The highest BCUT2D eigenvalue weighted by Crippen LogP contribution is 2.35. The number of piperazine rings is 1. The van der Waals surface area contributed by atoms with Crippen molar-refractivity contribution in [3.05, 3.63) is 23.8 Å². The fourth-order valence-corrected chi connectivity index (χ4v) is 3.83. The number of ether oxygens (including phenoxy) is 1. The van der Waals surface area contributed by atoms with E-state index in [-0.39, 0.29) is 26.2 Å². The summed E-state index contributed by atoms with van der Waals surface area (Å²) in [5.41, 5.74) is -0.165. The number of rotatable bonds is 2. The molecule has 0 spiro atoms. The molecule has 136 valence electrons. The van der Waals surface area contributed by atoms with Crippen molar-refractivity contribution in [1.82, 2.24) is 9.21 Å². The molecule has 8 nitrogen and oxygen atoms in total. The van der Waals surface area contributed by atoms with Gasteiger partial charge in [-0.05, 0) is 31.5 Å². The van der Waals surface area contributed by atoms with E-state index in [4.69, 9.17) is 4.74 Å². The molecule has 1 fully saturated rings. The molecule has 0 aliphatic carbocycles. The van der Waals surface area contributed by atoms with Gasteiger partial charge in [-0.15, -0.1) is 0 Å². The molecule has 1 unspecified atom stereocenters. The number of carbonyl (C=O) groups is 2. The molecule has 1 aromatic carbocycles. The smallest absolute Gasteiger partial charge is 0.278 e. The van der Waals surface area contributed by atoms with E-state index in [1.165, 1.54) is 16.1 Å². The lowest BCUT2D eigenvalue weighted by molar-refractivity contribution is -0.155. The Labute approximate surface area is 146 Å². The third-order valence-corrected chi connectivity index (χ3v) is 5.84. The molecule has 1 saturated heterocycles. The monoisotopic (exact) mass is 367 g/mol. The molecule has 0 aromatic heterocycles. The summed E-state index contributed by atoms with van der Waals surface area (Å²) >= 11 is 0. The molecule has 1 atom stereocenters. The molecular weight excluding hydrogens is 346 g/mol. The summed E-state index contributed by atoms with van der Waals surface area (Å²) in [6.45, 7) is 4.19. The van der Waals surface area contributed by atoms with Gasteiger partial charge in [-0.3, -0.25) is 9.59 Å². The predicted molar refractivity (Wildman–Crippen MR) is 91.8 cm³/mol. The van der Waals surface area contributed by atoms with Gasteiger partial charge in [0, 0.05) is 26.2 Å². The van der Waals surface area contributed by atoms with Gasteiger partial charge in [-0.2, -0.15) is 4.31 Å². The van der Waals surface area contributed by atoms with Crippen molar-refractivity contribution in [3.8, 4) is 5.75 Å². The van der Waals surface area contributed by atoms with Crippen LogP contribution in [0.1, 0.15) is 12.5 Å². The quantitative estimate of drug-likeness (QED) is 0.753. The van der Waals surface area contributed by atoms with Crippen LogP contribution in [0.15, 0.2) is 18.2 Å². The Bertz CT molecular complexity index is 830. The van der Waals surface area contributed by atoms with Crippen LogP contribution in [0.3, 0.4) is 0 Å². The van der Waals surface area contributed by atoms with Gasteiger partial charge in [0.1, 0.15) is 5.75 Å². The maximum atomic E-state index is 12.9. The van der Waals surface area contributed by atoms with Crippen LogP contribution in [0.2, 0.25) is 0 Å². The summed E-state index contributed by atoms with van der Waals surface area (Å²) in [4.78, 5) is 26.9. The molecule has 0 saturated carbocycles. The van der Waals surface area contributed by atoms with E-state index in [1.54, 1.807) is 12.1 Å². The fraction of sp³-hybridized carbons (Fsp3) is 0.500. The van der Waals surface area contributed by atoms with Crippen LogP contribution in [-0.2, 0) is 19.6 Å². The van der Waals surface area contributed by atoms with E-state index >= 15 is 0 Å². The fourth-order valence-electron chi connectivity index (χ4n) is 3.00. The van der Waals surface area contributed by atoms with Gasteiger partial charge in [0.2, 0.25) is 10.0 Å². The van der Waals surface area contributed by atoms with Crippen LogP contribution in [0, 0.1) is 6.92 Å². The standard InChI is InChI=1S/C16H21N3O5S/c1-11-4-5-13-12(10-11)17-14(20)16(2,24-13)15(21)18-6-8-19(9-7-18)25(3,22)23/h4-5,10H,6-9H2,1-3H3,(H,17,20). The average molecular weight is 367 g/mol. The average Bonchev–Trinajstić information content (AvgIpc) is 2.55. The topological polar surface area (TPSA) is 96.0 Å². The predicted octanol–water partition coefficient (Wildman–Crippen LogP) is 0.188. The van der Waals surface area contributed by atoms with Gasteiger partial charge >= 0.3 is 0 Å². The SMILES string of the molecule is Cc1ccc2c(c1)NC(=O)C(C)(C(=O)N1CCN(S(C)(=O)=O)CC1)O2. The number of fused-ring (bicyclic) bond motifs is 1. The van der Waals surface area contributed by atoms with E-state index in [9.17, 15) is 18.0 Å². The molecule has 1 aromatic rings. The third kappa shape index (κ3) is 3.21. The summed E-state index contributed by atoms with van der Waals surface area (Å²) < 4.78 is 30.2. The van der Waals surface area contributed by atoms with Crippen molar-refractivity contribution >= 4 is 27.5 Å². The van der Waals surface area contributed by atoms with Crippen LogP contribution in [0.4, 0.5) is 5.69 Å². The first-order valence-corrected chi connectivity index (χ1v) is 9.82. The van der Waals surface area contributed by atoms with Crippen molar-refractivity contribution in [3.63, 3.8) is 0 Å². The maximum Gasteiger partial charge on any atom is 0.278 e. The van der Waals surface area contributed by atoms with Gasteiger partial charge in [0.25, 0.3) is 17.4 Å². The van der Waals surface area contributed by atoms with E-state index in [0.29, 0.717) is 11.4 Å². The van der Waals surface area contributed by atoms with Crippen molar-refractivity contribution in [1.29, 1.82) is 0 Å². The number of hydrogen-bond donors (Lipinski definition) is 1. The van der Waals surface area contributed by atoms with Gasteiger partial charge < -0.3 is 15.0 Å². The summed E-state index contributed by atoms with van der Waals surface area (Å²) in [5, 5.41) is 2.73. The van der Waals surface area contributed by atoms with Crippen molar-refractivity contribution in [2.75, 3.05) is 37.8 Å². The second-order valence-corrected chi connectivity index (χ2v) is 8.53. The number of anilines is 1. The van der Waals surface area contributed by atoms with Crippen LogP contribution in [-0.4, -0.2) is 67.5 Å². The number of amides is 2. The molecule has 0 radical (unpaired) electrons. The van der Waals surface area contributed by atoms with Crippen molar-refractivity contribution in [2.45, 2.75) is 19.4 Å². The zero-order valence-corrected chi connectivity index (χ0v) is 15.2. The van der Waals surface area contributed by atoms with Gasteiger partial charge in [-0.25, -0.2) is 8.42 Å². The van der Waals surface area contributed by atoms with E-state index < -0.39 is 27.4 Å². The molecule has 25 heavy (non-hydrogen) atoms. The zero-order chi connectivity index (χ0) is 18.4. The lowest BCUT2D eigenvalue weighted by Crippen LogP contribution is -2.62. The molecular formula is C16H21N3O5S. The molecule has 2 heterocycles. The Kier molecular flexibility index (Phi) is 4.24. The van der Waals surface area contributed by atoms with Crippen LogP contribution in [0.25, 0.3) is 0 Å². The summed E-state index contributed by atoms with van der Waals surface area (Å²) in [5.74, 6) is -0.554. The minimum Gasteiger partial charge on any atom is -0.466 e. The Hall–Kier alpha value is -2.13. The minimum atomic E-state index is -3.29. The lowest BCUT2D eigenvalue weighted by Gasteiger charge is -2.40. The van der Waals surface area contributed by atoms with E-state index in [2.05, 4.69) is 5.32 Å². The minimum absolute atomic E-state index is 0.206.